The maximum absolute atomic E-state index is 13.8. The van der Waals surface area contributed by atoms with Crippen LogP contribution in [0.2, 0.25) is 0 Å². The van der Waals surface area contributed by atoms with Gasteiger partial charge in [0.2, 0.25) is 0 Å². The van der Waals surface area contributed by atoms with E-state index in [4.69, 9.17) is 14.2 Å². The number of benzene rings is 2. The zero-order chi connectivity index (χ0) is 18.9. The van der Waals surface area contributed by atoms with E-state index < -0.39 is 0 Å². The van der Waals surface area contributed by atoms with Gasteiger partial charge in [-0.1, -0.05) is 18.2 Å². The van der Waals surface area contributed by atoms with E-state index in [-0.39, 0.29) is 12.6 Å². The van der Waals surface area contributed by atoms with E-state index in [1.165, 1.54) is 12.1 Å². The Bertz CT molecular complexity index is 769. The first-order valence-corrected chi connectivity index (χ1v) is 8.90. The lowest BCUT2D eigenvalue weighted by atomic mass is 10.1. The summed E-state index contributed by atoms with van der Waals surface area (Å²) in [6.07, 6.45) is 0.612. The number of nitrogens with zero attached hydrogens (tertiary/aromatic N) is 1. The third-order valence-electron chi connectivity index (χ3n) is 4.07. The summed E-state index contributed by atoms with van der Waals surface area (Å²) in [6.45, 7) is 2.31. The first kappa shape index (κ1) is 19.0. The summed E-state index contributed by atoms with van der Waals surface area (Å²) in [5.74, 6) is 1.95. The fraction of sp³-hybridized carbons (Fsp3) is 0.350. The van der Waals surface area contributed by atoms with E-state index >= 15 is 0 Å². The molecule has 2 aromatic carbocycles. The second-order valence-electron chi connectivity index (χ2n) is 6.00. The predicted molar refractivity (Wildman–Crippen MR) is 102 cm³/mol. The molecule has 144 valence electrons. The molecule has 1 aliphatic heterocycles. The molecule has 7 heteroatoms. The number of guanidine groups is 1. The third kappa shape index (κ3) is 5.59. The van der Waals surface area contributed by atoms with Crippen LogP contribution in [-0.2, 0) is 17.8 Å². The van der Waals surface area contributed by atoms with Crippen molar-refractivity contribution >= 4 is 5.96 Å². The van der Waals surface area contributed by atoms with Gasteiger partial charge in [-0.05, 0) is 36.2 Å². The van der Waals surface area contributed by atoms with E-state index in [9.17, 15) is 4.39 Å². The molecule has 0 amide bonds. The molecule has 1 aliphatic rings. The summed E-state index contributed by atoms with van der Waals surface area (Å²) < 4.78 is 30.1. The van der Waals surface area contributed by atoms with Gasteiger partial charge in [0.25, 0.3) is 0 Å². The van der Waals surface area contributed by atoms with E-state index in [1.54, 1.807) is 7.05 Å². The van der Waals surface area contributed by atoms with Crippen molar-refractivity contribution in [3.05, 3.63) is 59.4 Å². The first-order valence-electron chi connectivity index (χ1n) is 8.90. The molecule has 0 saturated heterocycles. The standard InChI is InChI=1S/C20H24FN3O3/c1-22-20(24-9-10-26-18-5-3-2-4-6-18)23-8-7-15-11-17(21)12-16-13-25-14-27-19(15)16/h2-6,11-12H,7-10,13-14H2,1H3,(H2,22,23,24). The Labute approximate surface area is 158 Å². The van der Waals surface area contributed by atoms with Crippen LogP contribution >= 0.6 is 0 Å². The Morgan fingerprint density at radius 1 is 1.19 bits per heavy atom. The van der Waals surface area contributed by atoms with Crippen LogP contribution in [0.1, 0.15) is 11.1 Å². The summed E-state index contributed by atoms with van der Waals surface area (Å²) in [5.41, 5.74) is 1.57. The summed E-state index contributed by atoms with van der Waals surface area (Å²) >= 11 is 0. The van der Waals surface area contributed by atoms with E-state index in [0.717, 1.165) is 22.6 Å². The van der Waals surface area contributed by atoms with Crippen molar-refractivity contribution in [2.45, 2.75) is 13.0 Å². The van der Waals surface area contributed by atoms with Gasteiger partial charge in [-0.15, -0.1) is 0 Å². The SMILES string of the molecule is CN=C(NCCOc1ccccc1)NCCc1cc(F)cc2c1OCOC2. The van der Waals surface area contributed by atoms with Crippen molar-refractivity contribution in [1.82, 2.24) is 10.6 Å². The molecule has 0 radical (unpaired) electrons. The van der Waals surface area contributed by atoms with Crippen LogP contribution in [0.4, 0.5) is 4.39 Å². The molecular weight excluding hydrogens is 349 g/mol. The maximum Gasteiger partial charge on any atom is 0.191 e. The second kappa shape index (κ2) is 9.78. The molecular formula is C20H24FN3O3. The summed E-state index contributed by atoms with van der Waals surface area (Å²) in [7, 11) is 1.71. The highest BCUT2D eigenvalue weighted by Gasteiger charge is 2.16. The number of fused-ring (bicyclic) bond motifs is 1. The van der Waals surface area contributed by atoms with Gasteiger partial charge >= 0.3 is 0 Å². The molecule has 0 unspecified atom stereocenters. The zero-order valence-corrected chi connectivity index (χ0v) is 15.3. The van der Waals surface area contributed by atoms with Gasteiger partial charge in [-0.2, -0.15) is 0 Å². The molecule has 0 spiro atoms. The Kier molecular flexibility index (Phi) is 6.87. The summed E-state index contributed by atoms with van der Waals surface area (Å²) in [4.78, 5) is 4.18. The van der Waals surface area contributed by atoms with Crippen LogP contribution in [-0.4, -0.2) is 39.5 Å². The normalized spacial score (nSPS) is 13.5. The van der Waals surface area contributed by atoms with E-state index in [0.29, 0.717) is 38.7 Å². The van der Waals surface area contributed by atoms with E-state index in [1.807, 2.05) is 30.3 Å². The van der Waals surface area contributed by atoms with Gasteiger partial charge in [0.15, 0.2) is 12.8 Å². The predicted octanol–water partition coefficient (Wildman–Crippen LogP) is 2.48. The van der Waals surface area contributed by atoms with Gasteiger partial charge in [-0.3, -0.25) is 4.99 Å². The molecule has 0 bridgehead atoms. The van der Waals surface area contributed by atoms with Gasteiger partial charge in [-0.25, -0.2) is 4.39 Å². The van der Waals surface area contributed by atoms with Crippen LogP contribution in [0.5, 0.6) is 11.5 Å². The number of halogens is 1. The number of para-hydroxylation sites is 1. The van der Waals surface area contributed by atoms with Crippen LogP contribution in [0, 0.1) is 5.82 Å². The lowest BCUT2D eigenvalue weighted by Gasteiger charge is -2.21. The molecule has 2 aromatic rings. The molecule has 1 heterocycles. The minimum absolute atomic E-state index is 0.198. The zero-order valence-electron chi connectivity index (χ0n) is 15.3. The van der Waals surface area contributed by atoms with Gasteiger partial charge in [0, 0.05) is 19.2 Å². The fourth-order valence-electron chi connectivity index (χ4n) is 2.83. The summed E-state index contributed by atoms with van der Waals surface area (Å²) in [6, 6.07) is 12.6. The van der Waals surface area contributed by atoms with Gasteiger partial charge in [0.05, 0.1) is 13.2 Å². The molecule has 0 fully saturated rings. The molecule has 0 aromatic heterocycles. The lowest BCUT2D eigenvalue weighted by molar-refractivity contribution is -0.0172. The van der Waals surface area contributed by atoms with Crippen LogP contribution in [0.15, 0.2) is 47.5 Å². The smallest absolute Gasteiger partial charge is 0.191 e. The summed E-state index contributed by atoms with van der Waals surface area (Å²) in [5, 5.41) is 6.41. The average molecular weight is 373 g/mol. The minimum Gasteiger partial charge on any atom is -0.492 e. The molecule has 2 N–H and O–H groups in total. The second-order valence-corrected chi connectivity index (χ2v) is 6.00. The third-order valence-corrected chi connectivity index (χ3v) is 4.07. The van der Waals surface area contributed by atoms with Crippen molar-refractivity contribution in [2.24, 2.45) is 4.99 Å². The highest BCUT2D eigenvalue weighted by Crippen LogP contribution is 2.29. The molecule has 0 atom stereocenters. The highest BCUT2D eigenvalue weighted by molar-refractivity contribution is 5.79. The largest absolute Gasteiger partial charge is 0.492 e. The van der Waals surface area contributed by atoms with Crippen molar-refractivity contribution in [1.29, 1.82) is 0 Å². The molecule has 6 nitrogen and oxygen atoms in total. The quantitative estimate of drug-likeness (QED) is 0.444. The Morgan fingerprint density at radius 3 is 2.81 bits per heavy atom. The lowest BCUT2D eigenvalue weighted by Crippen LogP contribution is -2.40. The number of aliphatic imine (C=N–C) groups is 1. The van der Waals surface area contributed by atoms with Crippen molar-refractivity contribution in [3.63, 3.8) is 0 Å². The van der Waals surface area contributed by atoms with Crippen LogP contribution < -0.4 is 20.1 Å². The number of hydrogen-bond donors (Lipinski definition) is 2. The Balaban J connectivity index is 1.43. The number of rotatable bonds is 7. The van der Waals surface area contributed by atoms with E-state index in [2.05, 4.69) is 15.6 Å². The fourth-order valence-corrected chi connectivity index (χ4v) is 2.83. The van der Waals surface area contributed by atoms with Gasteiger partial charge in [0.1, 0.15) is 23.9 Å². The average Bonchev–Trinajstić information content (AvgIpc) is 2.70. The highest BCUT2D eigenvalue weighted by atomic mass is 19.1. The maximum atomic E-state index is 13.8. The minimum atomic E-state index is -0.279. The van der Waals surface area contributed by atoms with Crippen molar-refractivity contribution in [3.8, 4) is 11.5 Å². The topological polar surface area (TPSA) is 64.1 Å². The Hall–Kier alpha value is -2.80. The molecule has 0 aliphatic carbocycles. The molecule has 0 saturated carbocycles. The monoisotopic (exact) mass is 373 g/mol. The van der Waals surface area contributed by atoms with Crippen LogP contribution in [0.3, 0.4) is 0 Å². The number of nitrogens with one attached hydrogen (secondary N) is 2. The molecule has 3 rings (SSSR count). The van der Waals surface area contributed by atoms with Crippen LogP contribution in [0.25, 0.3) is 0 Å². The number of hydrogen-bond acceptors (Lipinski definition) is 4. The number of ether oxygens (including phenoxy) is 3. The molecule has 27 heavy (non-hydrogen) atoms. The van der Waals surface area contributed by atoms with Crippen molar-refractivity contribution in [2.75, 3.05) is 33.5 Å². The van der Waals surface area contributed by atoms with Crippen molar-refractivity contribution < 1.29 is 18.6 Å². The first-order chi connectivity index (χ1) is 13.3. The Morgan fingerprint density at radius 2 is 2.00 bits per heavy atom. The van der Waals surface area contributed by atoms with Gasteiger partial charge < -0.3 is 24.8 Å².